The Balaban J connectivity index is 1.79. The number of phenolic OH excluding ortho intramolecular Hbond substituents is 2. The average Bonchev–Trinajstić information content (AvgIpc) is 3.26. The molecule has 1 saturated carbocycles. The van der Waals surface area contributed by atoms with Crippen LogP contribution in [-0.4, -0.2) is 27.0 Å². The van der Waals surface area contributed by atoms with Gasteiger partial charge in [-0.05, 0) is 37.1 Å². The standard InChI is InChI=1S/C18H20NO2P/c20-15-9-3-5-11-17(15)22(18-12-6-4-10-16(18)21)19-13-7-1-2-8-14(13)19/h3-6,9-14,20-21H,1-2,7-8H2. The van der Waals surface area contributed by atoms with E-state index in [9.17, 15) is 10.2 Å². The maximum Gasteiger partial charge on any atom is 0.124 e. The van der Waals surface area contributed by atoms with Crippen LogP contribution in [0.5, 0.6) is 11.5 Å². The smallest absolute Gasteiger partial charge is 0.124 e. The summed E-state index contributed by atoms with van der Waals surface area (Å²) in [5, 5.41) is 22.6. The molecule has 0 bridgehead atoms. The molecule has 0 radical (unpaired) electrons. The molecule has 114 valence electrons. The van der Waals surface area contributed by atoms with Crippen molar-refractivity contribution in [1.29, 1.82) is 0 Å². The molecule has 2 aromatic carbocycles. The Hall–Kier alpha value is -1.57. The number of para-hydroxylation sites is 2. The fourth-order valence-electron chi connectivity index (χ4n) is 3.64. The van der Waals surface area contributed by atoms with E-state index in [1.165, 1.54) is 25.7 Å². The summed E-state index contributed by atoms with van der Waals surface area (Å²) >= 11 is 0. The monoisotopic (exact) mass is 313 g/mol. The number of aromatic hydroxyl groups is 2. The van der Waals surface area contributed by atoms with E-state index in [1.54, 1.807) is 12.1 Å². The first-order valence-corrected chi connectivity index (χ1v) is 9.21. The van der Waals surface area contributed by atoms with Gasteiger partial charge in [0.15, 0.2) is 0 Å². The Labute approximate surface area is 132 Å². The normalized spacial score (nSPS) is 26.7. The van der Waals surface area contributed by atoms with E-state index in [-0.39, 0.29) is 0 Å². The molecule has 2 aliphatic rings. The zero-order chi connectivity index (χ0) is 15.1. The van der Waals surface area contributed by atoms with Crippen molar-refractivity contribution in [2.75, 3.05) is 0 Å². The van der Waals surface area contributed by atoms with E-state index < -0.39 is 8.07 Å². The zero-order valence-electron chi connectivity index (χ0n) is 12.4. The number of fused-ring (bicyclic) bond motifs is 1. The van der Waals surface area contributed by atoms with Gasteiger partial charge in [-0.25, -0.2) is 0 Å². The van der Waals surface area contributed by atoms with Gasteiger partial charge >= 0.3 is 0 Å². The first-order valence-electron chi connectivity index (χ1n) is 7.92. The fraction of sp³-hybridized carbons (Fsp3) is 0.333. The maximum atomic E-state index is 10.4. The summed E-state index contributed by atoms with van der Waals surface area (Å²) in [5.74, 6) is 0.668. The molecule has 0 spiro atoms. The van der Waals surface area contributed by atoms with E-state index in [0.29, 0.717) is 23.6 Å². The van der Waals surface area contributed by atoms with Crippen molar-refractivity contribution in [1.82, 2.24) is 4.67 Å². The van der Waals surface area contributed by atoms with Crippen molar-refractivity contribution in [3.63, 3.8) is 0 Å². The molecule has 4 rings (SSSR count). The van der Waals surface area contributed by atoms with Gasteiger partial charge in [-0.1, -0.05) is 37.1 Å². The molecule has 2 atom stereocenters. The molecule has 22 heavy (non-hydrogen) atoms. The van der Waals surface area contributed by atoms with Crippen LogP contribution in [0.25, 0.3) is 0 Å². The van der Waals surface area contributed by atoms with Crippen LogP contribution in [0.4, 0.5) is 0 Å². The van der Waals surface area contributed by atoms with Crippen molar-refractivity contribution < 1.29 is 10.2 Å². The lowest BCUT2D eigenvalue weighted by Crippen LogP contribution is -2.19. The first kappa shape index (κ1) is 14.0. The summed E-state index contributed by atoms with van der Waals surface area (Å²) < 4.78 is 2.53. The molecule has 2 unspecified atom stereocenters. The van der Waals surface area contributed by atoms with Gasteiger partial charge in [-0.15, -0.1) is 0 Å². The van der Waals surface area contributed by atoms with Crippen molar-refractivity contribution in [3.05, 3.63) is 48.5 Å². The summed E-state index contributed by atoms with van der Waals surface area (Å²) in [6.07, 6.45) is 5.07. The number of hydrogen-bond acceptors (Lipinski definition) is 3. The predicted molar refractivity (Wildman–Crippen MR) is 90.3 cm³/mol. The van der Waals surface area contributed by atoms with Gasteiger partial charge < -0.3 is 10.2 Å². The van der Waals surface area contributed by atoms with Gasteiger partial charge in [0.05, 0.1) is 0 Å². The van der Waals surface area contributed by atoms with Gasteiger partial charge in [-0.2, -0.15) is 0 Å². The summed E-state index contributed by atoms with van der Waals surface area (Å²) in [7, 11) is -0.857. The molecule has 2 N–H and O–H groups in total. The van der Waals surface area contributed by atoms with E-state index in [4.69, 9.17) is 0 Å². The van der Waals surface area contributed by atoms with Crippen molar-refractivity contribution in [2.45, 2.75) is 37.8 Å². The Kier molecular flexibility index (Phi) is 3.56. The van der Waals surface area contributed by atoms with E-state index in [2.05, 4.69) is 4.67 Å². The lowest BCUT2D eigenvalue weighted by atomic mass is 10.0. The number of rotatable bonds is 3. The molecule has 1 saturated heterocycles. The Morgan fingerprint density at radius 2 is 1.23 bits per heavy atom. The molecule has 2 fully saturated rings. The summed E-state index contributed by atoms with van der Waals surface area (Å²) in [6.45, 7) is 0. The van der Waals surface area contributed by atoms with Gasteiger partial charge in [0.25, 0.3) is 0 Å². The fourth-order valence-corrected chi connectivity index (χ4v) is 6.51. The summed E-state index contributed by atoms with van der Waals surface area (Å²) in [6, 6.07) is 16.4. The van der Waals surface area contributed by atoms with Crippen LogP contribution in [0.15, 0.2) is 48.5 Å². The van der Waals surface area contributed by atoms with Crippen LogP contribution >= 0.6 is 8.07 Å². The second-order valence-corrected chi connectivity index (χ2v) is 8.14. The van der Waals surface area contributed by atoms with Gasteiger partial charge in [-0.3, -0.25) is 4.67 Å². The highest BCUT2D eigenvalue weighted by atomic mass is 31.1. The second kappa shape index (κ2) is 5.57. The summed E-state index contributed by atoms with van der Waals surface area (Å²) in [5.41, 5.74) is 0. The minimum Gasteiger partial charge on any atom is -0.507 e. The number of phenols is 2. The van der Waals surface area contributed by atoms with Crippen LogP contribution in [0, 0.1) is 0 Å². The minimum absolute atomic E-state index is 0.334. The van der Waals surface area contributed by atoms with Crippen molar-refractivity contribution >= 4 is 18.7 Å². The molecule has 0 amide bonds. The molecule has 0 aromatic heterocycles. The molecule has 2 aromatic rings. The first-order chi connectivity index (χ1) is 10.8. The van der Waals surface area contributed by atoms with Gasteiger partial charge in [0.1, 0.15) is 11.5 Å². The average molecular weight is 313 g/mol. The highest BCUT2D eigenvalue weighted by molar-refractivity contribution is 7.71. The van der Waals surface area contributed by atoms with Crippen LogP contribution in [0.1, 0.15) is 25.7 Å². The van der Waals surface area contributed by atoms with E-state index in [1.807, 2.05) is 36.4 Å². The van der Waals surface area contributed by atoms with Gasteiger partial charge in [0, 0.05) is 30.8 Å². The lowest BCUT2D eigenvalue weighted by Gasteiger charge is -2.22. The van der Waals surface area contributed by atoms with Crippen molar-refractivity contribution in [2.24, 2.45) is 0 Å². The quantitative estimate of drug-likeness (QED) is 0.676. The largest absolute Gasteiger partial charge is 0.507 e. The van der Waals surface area contributed by atoms with E-state index >= 15 is 0 Å². The van der Waals surface area contributed by atoms with E-state index in [0.717, 1.165) is 10.6 Å². The Bertz CT molecular complexity index is 633. The molecular formula is C18H20NO2P. The van der Waals surface area contributed by atoms with Gasteiger partial charge in [0.2, 0.25) is 0 Å². The Morgan fingerprint density at radius 1 is 0.773 bits per heavy atom. The molecule has 3 nitrogen and oxygen atoms in total. The number of hydrogen-bond donors (Lipinski definition) is 2. The van der Waals surface area contributed by atoms with Crippen LogP contribution < -0.4 is 10.6 Å². The third-order valence-electron chi connectivity index (χ3n) is 4.73. The van der Waals surface area contributed by atoms with Crippen LogP contribution in [-0.2, 0) is 0 Å². The topological polar surface area (TPSA) is 43.5 Å². The van der Waals surface area contributed by atoms with Crippen LogP contribution in [0.3, 0.4) is 0 Å². The molecule has 1 heterocycles. The third kappa shape index (κ3) is 2.29. The maximum absolute atomic E-state index is 10.4. The van der Waals surface area contributed by atoms with Crippen LogP contribution in [0.2, 0.25) is 0 Å². The summed E-state index contributed by atoms with van der Waals surface area (Å²) in [4.78, 5) is 0. The van der Waals surface area contributed by atoms with Crippen molar-refractivity contribution in [3.8, 4) is 11.5 Å². The number of benzene rings is 2. The minimum atomic E-state index is -0.857. The third-order valence-corrected chi connectivity index (χ3v) is 7.46. The molecular weight excluding hydrogens is 293 g/mol. The second-order valence-electron chi connectivity index (χ2n) is 6.09. The SMILES string of the molecule is Oc1ccccc1P(c1ccccc1O)N1C2CCCCC21. The molecule has 1 aliphatic heterocycles. The zero-order valence-corrected chi connectivity index (χ0v) is 13.3. The lowest BCUT2D eigenvalue weighted by molar-refractivity contribution is 0.478. The predicted octanol–water partition coefficient (Wildman–Crippen LogP) is 3.07. The molecule has 1 aliphatic carbocycles. The number of nitrogens with zero attached hydrogens (tertiary/aromatic N) is 1. The highest BCUT2D eigenvalue weighted by Crippen LogP contribution is 2.58. The Morgan fingerprint density at radius 3 is 1.68 bits per heavy atom. The molecule has 4 heteroatoms. The highest BCUT2D eigenvalue weighted by Gasteiger charge is 2.53.